The highest BCUT2D eigenvalue weighted by molar-refractivity contribution is 5.19. The molecule has 1 rings (SSSR count). The van der Waals surface area contributed by atoms with Crippen LogP contribution in [-0.4, -0.2) is 0 Å². The van der Waals surface area contributed by atoms with Crippen LogP contribution in [0.15, 0.2) is 29.4 Å². The van der Waals surface area contributed by atoms with Crippen molar-refractivity contribution >= 4 is 0 Å². The Hall–Kier alpha value is -1.06. The van der Waals surface area contributed by atoms with E-state index in [1.165, 1.54) is 0 Å². The van der Waals surface area contributed by atoms with Gasteiger partial charge in [-0.25, -0.2) is 0 Å². The summed E-state index contributed by atoms with van der Waals surface area (Å²) in [6.45, 7) is 5.62. The van der Waals surface area contributed by atoms with Gasteiger partial charge in [0.2, 0.25) is 0 Å². The van der Waals surface area contributed by atoms with Gasteiger partial charge in [0, 0.05) is 11.6 Å². The standard InChI is InChI=1S/C10H16N2O/c1-3-4-5-10(12-11)9-6-7-13-8(9)2/h3,6-7,10,12H,1,4-5,11H2,2H3. The van der Waals surface area contributed by atoms with E-state index in [4.69, 9.17) is 10.3 Å². The third-order valence-electron chi connectivity index (χ3n) is 2.14. The van der Waals surface area contributed by atoms with Gasteiger partial charge in [0.15, 0.2) is 0 Å². The van der Waals surface area contributed by atoms with Crippen molar-refractivity contribution in [2.24, 2.45) is 5.84 Å². The summed E-state index contributed by atoms with van der Waals surface area (Å²) in [7, 11) is 0. The summed E-state index contributed by atoms with van der Waals surface area (Å²) in [6.07, 6.45) is 5.46. The van der Waals surface area contributed by atoms with Crippen LogP contribution in [-0.2, 0) is 0 Å². The molecule has 0 bridgehead atoms. The average Bonchev–Trinajstić information content (AvgIpc) is 2.54. The second-order valence-electron chi connectivity index (χ2n) is 3.02. The average molecular weight is 180 g/mol. The van der Waals surface area contributed by atoms with Crippen molar-refractivity contribution in [1.29, 1.82) is 0 Å². The van der Waals surface area contributed by atoms with E-state index in [1.54, 1.807) is 6.26 Å². The molecule has 3 heteroatoms. The van der Waals surface area contributed by atoms with Crippen LogP contribution in [0.2, 0.25) is 0 Å². The molecular weight excluding hydrogens is 164 g/mol. The lowest BCUT2D eigenvalue weighted by atomic mass is 10.0. The van der Waals surface area contributed by atoms with E-state index < -0.39 is 0 Å². The Morgan fingerprint density at radius 3 is 3.00 bits per heavy atom. The molecule has 0 aliphatic rings. The van der Waals surface area contributed by atoms with Gasteiger partial charge in [-0.05, 0) is 25.8 Å². The Morgan fingerprint density at radius 2 is 2.54 bits per heavy atom. The molecule has 0 fully saturated rings. The fourth-order valence-electron chi connectivity index (χ4n) is 1.37. The van der Waals surface area contributed by atoms with Crippen molar-refractivity contribution in [2.75, 3.05) is 0 Å². The third-order valence-corrected chi connectivity index (χ3v) is 2.14. The minimum Gasteiger partial charge on any atom is -0.469 e. The number of hydrazine groups is 1. The van der Waals surface area contributed by atoms with E-state index in [2.05, 4.69) is 12.0 Å². The van der Waals surface area contributed by atoms with Crippen LogP contribution >= 0.6 is 0 Å². The molecule has 0 saturated carbocycles. The number of rotatable bonds is 5. The van der Waals surface area contributed by atoms with Crippen LogP contribution in [0, 0.1) is 6.92 Å². The number of hydrogen-bond acceptors (Lipinski definition) is 3. The first-order valence-electron chi connectivity index (χ1n) is 4.40. The largest absolute Gasteiger partial charge is 0.469 e. The molecule has 72 valence electrons. The second-order valence-corrected chi connectivity index (χ2v) is 3.02. The molecule has 1 aromatic heterocycles. The molecule has 0 radical (unpaired) electrons. The third kappa shape index (κ3) is 2.44. The van der Waals surface area contributed by atoms with Gasteiger partial charge in [0.05, 0.1) is 6.26 Å². The number of aryl methyl sites for hydroxylation is 1. The quantitative estimate of drug-likeness (QED) is 0.414. The van der Waals surface area contributed by atoms with E-state index in [0.29, 0.717) is 0 Å². The molecule has 1 heterocycles. The molecule has 3 N–H and O–H groups in total. The summed E-state index contributed by atoms with van der Waals surface area (Å²) >= 11 is 0. The van der Waals surface area contributed by atoms with Gasteiger partial charge in [-0.3, -0.25) is 11.3 Å². The lowest BCUT2D eigenvalue weighted by Crippen LogP contribution is -2.28. The predicted octanol–water partition coefficient (Wildman–Crippen LogP) is 2.06. The number of furan rings is 1. The maximum Gasteiger partial charge on any atom is 0.105 e. The highest BCUT2D eigenvalue weighted by Crippen LogP contribution is 2.21. The van der Waals surface area contributed by atoms with Crippen molar-refractivity contribution in [3.63, 3.8) is 0 Å². The number of nitrogens with one attached hydrogen (secondary N) is 1. The smallest absolute Gasteiger partial charge is 0.105 e. The molecule has 1 unspecified atom stereocenters. The first-order valence-corrected chi connectivity index (χ1v) is 4.40. The molecule has 13 heavy (non-hydrogen) atoms. The van der Waals surface area contributed by atoms with E-state index in [-0.39, 0.29) is 6.04 Å². The summed E-state index contributed by atoms with van der Waals surface area (Å²) in [5.41, 5.74) is 3.90. The Balaban J connectivity index is 2.66. The SMILES string of the molecule is C=CCCC(NN)c1ccoc1C. The Kier molecular flexibility index (Phi) is 3.73. The summed E-state index contributed by atoms with van der Waals surface area (Å²) in [4.78, 5) is 0. The van der Waals surface area contributed by atoms with Gasteiger partial charge in [0.1, 0.15) is 5.76 Å². The predicted molar refractivity (Wildman–Crippen MR) is 52.9 cm³/mol. The Bertz CT molecular complexity index is 268. The van der Waals surface area contributed by atoms with Crippen LogP contribution in [0.3, 0.4) is 0 Å². The Labute approximate surface area is 78.6 Å². The summed E-state index contributed by atoms with van der Waals surface area (Å²) in [6, 6.07) is 2.11. The van der Waals surface area contributed by atoms with Crippen LogP contribution in [0.4, 0.5) is 0 Å². The lowest BCUT2D eigenvalue weighted by molar-refractivity contribution is 0.488. The normalized spacial score (nSPS) is 12.8. The zero-order chi connectivity index (χ0) is 9.68. The van der Waals surface area contributed by atoms with Gasteiger partial charge < -0.3 is 4.42 Å². The summed E-state index contributed by atoms with van der Waals surface area (Å²) in [5, 5.41) is 0. The number of allylic oxidation sites excluding steroid dienone is 1. The van der Waals surface area contributed by atoms with Crippen LogP contribution < -0.4 is 11.3 Å². The van der Waals surface area contributed by atoms with E-state index in [0.717, 1.165) is 24.2 Å². The molecular formula is C10H16N2O. The molecule has 0 spiro atoms. The maximum absolute atomic E-state index is 5.45. The molecule has 0 aliphatic carbocycles. The highest BCUT2D eigenvalue weighted by Gasteiger charge is 2.12. The molecule has 1 aromatic rings. The van der Waals surface area contributed by atoms with Crippen molar-refractivity contribution in [2.45, 2.75) is 25.8 Å². The number of hydrogen-bond donors (Lipinski definition) is 2. The summed E-state index contributed by atoms with van der Waals surface area (Å²) < 4.78 is 5.21. The number of nitrogens with two attached hydrogens (primary N) is 1. The minimum absolute atomic E-state index is 0.164. The molecule has 0 saturated heterocycles. The van der Waals surface area contributed by atoms with Crippen molar-refractivity contribution in [3.8, 4) is 0 Å². The summed E-state index contributed by atoms with van der Waals surface area (Å²) in [5.74, 6) is 6.37. The van der Waals surface area contributed by atoms with Crippen molar-refractivity contribution in [1.82, 2.24) is 5.43 Å². The van der Waals surface area contributed by atoms with Crippen molar-refractivity contribution < 1.29 is 4.42 Å². The maximum atomic E-state index is 5.45. The second kappa shape index (κ2) is 4.84. The molecule has 0 aromatic carbocycles. The van der Waals surface area contributed by atoms with Gasteiger partial charge >= 0.3 is 0 Å². The van der Waals surface area contributed by atoms with Crippen LogP contribution in [0.1, 0.15) is 30.2 Å². The van der Waals surface area contributed by atoms with Gasteiger partial charge in [0.25, 0.3) is 0 Å². The van der Waals surface area contributed by atoms with Gasteiger partial charge in [-0.15, -0.1) is 6.58 Å². The fraction of sp³-hybridized carbons (Fsp3) is 0.400. The Morgan fingerprint density at radius 1 is 1.77 bits per heavy atom. The van der Waals surface area contributed by atoms with E-state index >= 15 is 0 Å². The van der Waals surface area contributed by atoms with Gasteiger partial charge in [-0.1, -0.05) is 6.08 Å². The topological polar surface area (TPSA) is 51.2 Å². The molecule has 0 aliphatic heterocycles. The fourth-order valence-corrected chi connectivity index (χ4v) is 1.37. The van der Waals surface area contributed by atoms with E-state index in [9.17, 15) is 0 Å². The molecule has 3 nitrogen and oxygen atoms in total. The molecule has 0 amide bonds. The zero-order valence-electron chi connectivity index (χ0n) is 7.92. The van der Waals surface area contributed by atoms with E-state index in [1.807, 2.05) is 19.1 Å². The highest BCUT2D eigenvalue weighted by atomic mass is 16.3. The monoisotopic (exact) mass is 180 g/mol. The van der Waals surface area contributed by atoms with Crippen LogP contribution in [0.25, 0.3) is 0 Å². The first-order chi connectivity index (χ1) is 6.29. The lowest BCUT2D eigenvalue weighted by Gasteiger charge is -2.13. The first kappa shape index (κ1) is 10.0. The van der Waals surface area contributed by atoms with Crippen LogP contribution in [0.5, 0.6) is 0 Å². The van der Waals surface area contributed by atoms with Crippen molar-refractivity contribution in [3.05, 3.63) is 36.3 Å². The van der Waals surface area contributed by atoms with Gasteiger partial charge in [-0.2, -0.15) is 0 Å². The molecule has 1 atom stereocenters. The minimum atomic E-state index is 0.164. The zero-order valence-corrected chi connectivity index (χ0v) is 7.92.